The van der Waals surface area contributed by atoms with Gasteiger partial charge in [0, 0.05) is 6.54 Å². The van der Waals surface area contributed by atoms with E-state index < -0.39 is 18.2 Å². The molecule has 2 N–H and O–H groups in total. The average Bonchev–Trinajstić information content (AvgIpc) is 2.81. The summed E-state index contributed by atoms with van der Waals surface area (Å²) in [6, 6.07) is 18.1. The molecule has 0 heterocycles. The molecule has 2 aromatic rings. The van der Waals surface area contributed by atoms with Crippen LogP contribution in [0.25, 0.3) is 0 Å². The number of nitrogens with one attached hydrogen (secondary N) is 2. The topological polar surface area (TPSA) is 93.7 Å². The largest absolute Gasteiger partial charge is 0.445 e. The van der Waals surface area contributed by atoms with Crippen molar-refractivity contribution in [2.75, 3.05) is 11.9 Å². The van der Waals surface area contributed by atoms with Crippen LogP contribution in [0.15, 0.2) is 60.7 Å². The average molecular weight is 491 g/mol. The number of rotatable bonds is 12. The first-order valence-electron chi connectivity index (χ1n) is 10.1. The maximum Gasteiger partial charge on any atom is 0.408 e. The highest BCUT2D eigenvalue weighted by Crippen LogP contribution is 2.06. The molecule has 0 aliphatic rings. The number of amides is 2. The fourth-order valence-electron chi connectivity index (χ4n) is 2.75. The minimum Gasteiger partial charge on any atom is -0.445 e. The highest BCUT2D eigenvalue weighted by atomic mass is 79.9. The lowest BCUT2D eigenvalue weighted by atomic mass is 10.1. The molecule has 0 aliphatic heterocycles. The van der Waals surface area contributed by atoms with Crippen LogP contribution in [0.2, 0.25) is 0 Å². The van der Waals surface area contributed by atoms with E-state index >= 15 is 0 Å². The summed E-state index contributed by atoms with van der Waals surface area (Å²) < 4.78 is 10.3. The van der Waals surface area contributed by atoms with E-state index in [-0.39, 0.29) is 24.3 Å². The van der Waals surface area contributed by atoms with Crippen molar-refractivity contribution >= 4 is 33.9 Å². The van der Waals surface area contributed by atoms with E-state index in [9.17, 15) is 14.4 Å². The number of hydrogen-bond acceptors (Lipinski definition) is 5. The second-order valence-corrected chi connectivity index (χ2v) is 7.40. The normalized spacial score (nSPS) is 11.3. The summed E-state index contributed by atoms with van der Waals surface area (Å²) in [5.41, 5.74) is 1.78. The van der Waals surface area contributed by atoms with Crippen LogP contribution < -0.4 is 10.6 Å². The maximum absolute atomic E-state index is 12.1. The number of carbonyl (C=O) groups is 3. The predicted octanol–water partition coefficient (Wildman–Crippen LogP) is 4.34. The Kier molecular flexibility index (Phi) is 11.2. The van der Waals surface area contributed by atoms with Crippen molar-refractivity contribution in [3.8, 4) is 0 Å². The summed E-state index contributed by atoms with van der Waals surface area (Å²) in [5.74, 6) is -0.133. The van der Waals surface area contributed by atoms with Crippen LogP contribution >= 0.6 is 15.9 Å². The monoisotopic (exact) mass is 490 g/mol. The van der Waals surface area contributed by atoms with E-state index in [2.05, 4.69) is 26.6 Å². The Morgan fingerprint density at radius 2 is 1.35 bits per heavy atom. The van der Waals surface area contributed by atoms with E-state index in [4.69, 9.17) is 9.47 Å². The zero-order valence-corrected chi connectivity index (χ0v) is 18.8. The van der Waals surface area contributed by atoms with Gasteiger partial charge in [0.2, 0.25) is 0 Å². The molecule has 8 heteroatoms. The Bertz CT molecular complexity index is 817. The highest BCUT2D eigenvalue weighted by Gasteiger charge is 2.20. The van der Waals surface area contributed by atoms with Gasteiger partial charge in [-0.2, -0.15) is 0 Å². The van der Waals surface area contributed by atoms with Gasteiger partial charge in [-0.05, 0) is 30.4 Å². The minimum atomic E-state index is -0.646. The van der Waals surface area contributed by atoms with Crippen LogP contribution in [0.1, 0.15) is 30.4 Å². The summed E-state index contributed by atoms with van der Waals surface area (Å²) in [6.07, 6.45) is 0.616. The Balaban J connectivity index is 1.63. The lowest BCUT2D eigenvalue weighted by Crippen LogP contribution is -2.41. The smallest absolute Gasteiger partial charge is 0.408 e. The molecule has 0 aromatic heterocycles. The number of halogens is 1. The third-order valence-electron chi connectivity index (χ3n) is 4.43. The van der Waals surface area contributed by atoms with E-state index in [0.29, 0.717) is 25.8 Å². The Labute approximate surface area is 190 Å². The summed E-state index contributed by atoms with van der Waals surface area (Å²) in [5, 5.41) is 5.44. The van der Waals surface area contributed by atoms with E-state index in [0.717, 1.165) is 11.1 Å². The number of ether oxygens (including phenoxy) is 2. The van der Waals surface area contributed by atoms with Gasteiger partial charge in [0.15, 0.2) is 5.78 Å². The Morgan fingerprint density at radius 3 is 1.90 bits per heavy atom. The van der Waals surface area contributed by atoms with Crippen LogP contribution in [0.3, 0.4) is 0 Å². The molecular weight excluding hydrogens is 464 g/mol. The number of Topliss-reactive ketones (excluding diaryl/α,β-unsaturated/α-hetero) is 1. The molecule has 31 heavy (non-hydrogen) atoms. The Hall–Kier alpha value is -2.87. The quantitative estimate of drug-likeness (QED) is 0.340. The maximum atomic E-state index is 12.1. The lowest BCUT2D eigenvalue weighted by molar-refractivity contribution is -0.118. The van der Waals surface area contributed by atoms with Crippen molar-refractivity contribution in [2.45, 2.75) is 38.5 Å². The molecule has 0 saturated carbocycles. The summed E-state index contributed by atoms with van der Waals surface area (Å²) in [6.45, 7) is 0.766. The number of carbonyl (C=O) groups excluding carboxylic acids is 3. The zero-order valence-electron chi connectivity index (χ0n) is 17.2. The number of ketones is 1. The molecule has 2 amide bonds. The van der Waals surface area contributed by atoms with Crippen LogP contribution in [-0.2, 0) is 27.5 Å². The molecule has 0 saturated heterocycles. The number of alkyl halides is 1. The van der Waals surface area contributed by atoms with Gasteiger partial charge in [0.05, 0.1) is 11.4 Å². The number of benzene rings is 2. The molecule has 166 valence electrons. The third kappa shape index (κ3) is 10.1. The molecule has 0 unspecified atom stereocenters. The molecule has 2 aromatic carbocycles. The minimum absolute atomic E-state index is 0.133. The van der Waals surface area contributed by atoms with Crippen LogP contribution in [0, 0.1) is 0 Å². The van der Waals surface area contributed by atoms with Gasteiger partial charge >= 0.3 is 12.2 Å². The zero-order chi connectivity index (χ0) is 22.3. The highest BCUT2D eigenvalue weighted by molar-refractivity contribution is 9.09. The first-order chi connectivity index (χ1) is 15.1. The van der Waals surface area contributed by atoms with Gasteiger partial charge in [-0.1, -0.05) is 76.6 Å². The van der Waals surface area contributed by atoms with Crippen molar-refractivity contribution in [1.29, 1.82) is 0 Å². The summed E-state index contributed by atoms with van der Waals surface area (Å²) in [4.78, 5) is 35.9. The van der Waals surface area contributed by atoms with Gasteiger partial charge in [0.25, 0.3) is 0 Å². The van der Waals surface area contributed by atoms with Gasteiger partial charge in [-0.15, -0.1) is 0 Å². The first-order valence-corrected chi connectivity index (χ1v) is 11.2. The van der Waals surface area contributed by atoms with Crippen LogP contribution in [0.4, 0.5) is 9.59 Å². The first kappa shape index (κ1) is 24.4. The molecule has 2 rings (SSSR count). The van der Waals surface area contributed by atoms with Crippen molar-refractivity contribution < 1.29 is 23.9 Å². The molecule has 1 atom stereocenters. The lowest BCUT2D eigenvalue weighted by Gasteiger charge is -2.17. The summed E-state index contributed by atoms with van der Waals surface area (Å²) in [7, 11) is 0. The second-order valence-electron chi connectivity index (χ2n) is 6.84. The molecule has 0 fully saturated rings. The standard InChI is InChI=1S/C23H27BrN2O5/c24-15-21(27)20(26-23(29)31-17-19-11-5-2-6-12-19)13-7-8-14-25-22(28)30-16-18-9-3-1-4-10-18/h1-6,9-12,20H,7-8,13-17H2,(H,25,28)(H,26,29)/t20-/m0/s1. The number of unbranched alkanes of at least 4 members (excludes halogenated alkanes) is 1. The van der Waals surface area contributed by atoms with E-state index in [1.807, 2.05) is 60.7 Å². The molecule has 0 spiro atoms. The van der Waals surface area contributed by atoms with Crippen molar-refractivity contribution in [3.05, 3.63) is 71.8 Å². The van der Waals surface area contributed by atoms with E-state index in [1.165, 1.54) is 0 Å². The number of alkyl carbamates (subject to hydrolysis) is 2. The van der Waals surface area contributed by atoms with Gasteiger partial charge in [0.1, 0.15) is 13.2 Å². The molecular formula is C23H27BrN2O5. The fraction of sp³-hybridized carbons (Fsp3) is 0.348. The van der Waals surface area contributed by atoms with E-state index in [1.54, 1.807) is 0 Å². The molecule has 7 nitrogen and oxygen atoms in total. The summed E-state index contributed by atoms with van der Waals surface area (Å²) >= 11 is 3.14. The van der Waals surface area contributed by atoms with Crippen molar-refractivity contribution in [1.82, 2.24) is 10.6 Å². The van der Waals surface area contributed by atoms with Gasteiger partial charge in [-0.3, -0.25) is 4.79 Å². The SMILES string of the molecule is O=C(NCCCC[C@H](NC(=O)OCc1ccccc1)C(=O)CBr)OCc1ccccc1. The van der Waals surface area contributed by atoms with Crippen LogP contribution in [0.5, 0.6) is 0 Å². The van der Waals surface area contributed by atoms with Gasteiger partial charge in [-0.25, -0.2) is 9.59 Å². The number of hydrogen-bond donors (Lipinski definition) is 2. The molecule has 0 aliphatic carbocycles. The Morgan fingerprint density at radius 1 is 0.806 bits per heavy atom. The molecule has 0 radical (unpaired) electrons. The van der Waals surface area contributed by atoms with Crippen LogP contribution in [-0.4, -0.2) is 35.9 Å². The fourth-order valence-corrected chi connectivity index (χ4v) is 3.14. The predicted molar refractivity (Wildman–Crippen MR) is 121 cm³/mol. The molecule has 0 bridgehead atoms. The van der Waals surface area contributed by atoms with Gasteiger partial charge < -0.3 is 20.1 Å². The second kappa shape index (κ2) is 14.2. The van der Waals surface area contributed by atoms with Crippen molar-refractivity contribution in [3.63, 3.8) is 0 Å². The van der Waals surface area contributed by atoms with Crippen molar-refractivity contribution in [2.24, 2.45) is 0 Å². The third-order valence-corrected chi connectivity index (χ3v) is 4.98.